The van der Waals surface area contributed by atoms with Crippen LogP contribution >= 0.6 is 11.3 Å². The number of aliphatic hydroxyl groups excluding tert-OH is 1. The minimum Gasteiger partial charge on any atom is -0.507 e. The van der Waals surface area contributed by atoms with Crippen molar-refractivity contribution in [3.8, 4) is 11.5 Å². The molecule has 1 atom stereocenters. The molecular formula is C30H28N2O5S. The lowest BCUT2D eigenvalue weighted by atomic mass is 9.93. The van der Waals surface area contributed by atoms with E-state index < -0.39 is 17.7 Å². The fourth-order valence-electron chi connectivity index (χ4n) is 4.56. The van der Waals surface area contributed by atoms with E-state index in [9.17, 15) is 14.7 Å². The minimum atomic E-state index is -0.842. The van der Waals surface area contributed by atoms with Crippen LogP contribution < -0.4 is 14.4 Å². The number of hydrogen-bond donors (Lipinski definition) is 1. The number of Topliss-reactive ketones (excluding diaryl/α,β-unsaturated/α-hetero) is 1. The number of methoxy groups -OCH3 is 1. The van der Waals surface area contributed by atoms with Crippen molar-refractivity contribution in [1.82, 2.24) is 4.98 Å². The first-order valence-electron chi connectivity index (χ1n) is 12.4. The molecule has 3 aromatic carbocycles. The Morgan fingerprint density at radius 1 is 1.03 bits per heavy atom. The number of hydrogen-bond acceptors (Lipinski definition) is 7. The van der Waals surface area contributed by atoms with Gasteiger partial charge in [-0.1, -0.05) is 49.4 Å². The first kappa shape index (κ1) is 25.5. The van der Waals surface area contributed by atoms with Crippen molar-refractivity contribution in [2.45, 2.75) is 32.7 Å². The molecule has 38 heavy (non-hydrogen) atoms. The number of benzene rings is 3. The number of carbonyl (C=O) groups excluding carboxylic acids is 2. The molecule has 0 radical (unpaired) electrons. The second-order valence-electron chi connectivity index (χ2n) is 9.28. The molecule has 7 nitrogen and oxygen atoms in total. The molecule has 2 heterocycles. The second-order valence-corrected chi connectivity index (χ2v) is 10.3. The van der Waals surface area contributed by atoms with Gasteiger partial charge in [-0.3, -0.25) is 14.5 Å². The Morgan fingerprint density at radius 3 is 2.34 bits per heavy atom. The number of aliphatic hydroxyl groups is 1. The number of ether oxygens (including phenoxy) is 2. The quantitative estimate of drug-likeness (QED) is 0.168. The number of anilines is 1. The van der Waals surface area contributed by atoms with Gasteiger partial charge in [0.1, 0.15) is 17.3 Å². The average molecular weight is 529 g/mol. The second kappa shape index (κ2) is 10.3. The zero-order valence-corrected chi connectivity index (χ0v) is 22.4. The average Bonchev–Trinajstić information content (AvgIpc) is 3.46. The van der Waals surface area contributed by atoms with Crippen molar-refractivity contribution in [3.63, 3.8) is 0 Å². The lowest BCUT2D eigenvalue weighted by Gasteiger charge is -2.23. The Balaban J connectivity index is 1.67. The van der Waals surface area contributed by atoms with E-state index in [4.69, 9.17) is 9.47 Å². The van der Waals surface area contributed by atoms with Crippen molar-refractivity contribution >= 4 is 44.1 Å². The number of rotatable bonds is 7. The third kappa shape index (κ3) is 4.52. The predicted molar refractivity (Wildman–Crippen MR) is 149 cm³/mol. The Morgan fingerprint density at radius 2 is 1.71 bits per heavy atom. The topological polar surface area (TPSA) is 89.0 Å². The fraction of sp³-hybridized carbons (Fsp3) is 0.233. The Bertz CT molecular complexity index is 1540. The van der Waals surface area contributed by atoms with E-state index in [2.05, 4.69) is 18.8 Å². The van der Waals surface area contributed by atoms with Crippen LogP contribution in [0.5, 0.6) is 11.5 Å². The fourth-order valence-corrected chi connectivity index (χ4v) is 5.58. The van der Waals surface area contributed by atoms with Crippen LogP contribution in [0.25, 0.3) is 16.0 Å². The molecule has 1 aliphatic heterocycles. The SMILES string of the molecule is CCOc1ccc(C(O)=C2C(=O)C(=O)N(c3nc4ccc(OC)cc4s3)[C@@H]2c2ccc(C(C)C)cc2)cc1. The van der Waals surface area contributed by atoms with Gasteiger partial charge in [0, 0.05) is 5.56 Å². The first-order valence-corrected chi connectivity index (χ1v) is 13.2. The largest absolute Gasteiger partial charge is 0.507 e. The summed E-state index contributed by atoms with van der Waals surface area (Å²) in [5, 5.41) is 11.8. The maximum atomic E-state index is 13.5. The highest BCUT2D eigenvalue weighted by atomic mass is 32.1. The molecule has 4 aromatic rings. The highest BCUT2D eigenvalue weighted by Crippen LogP contribution is 2.45. The van der Waals surface area contributed by atoms with Gasteiger partial charge in [-0.2, -0.15) is 0 Å². The van der Waals surface area contributed by atoms with Crippen LogP contribution in [0.1, 0.15) is 49.4 Å². The van der Waals surface area contributed by atoms with Crippen LogP contribution in [-0.2, 0) is 9.59 Å². The molecule has 1 aromatic heterocycles. The van der Waals surface area contributed by atoms with Crippen LogP contribution in [0, 0.1) is 0 Å². The van der Waals surface area contributed by atoms with E-state index in [1.165, 1.54) is 16.2 Å². The van der Waals surface area contributed by atoms with Gasteiger partial charge in [0.25, 0.3) is 5.78 Å². The zero-order valence-electron chi connectivity index (χ0n) is 21.6. The van der Waals surface area contributed by atoms with E-state index in [-0.39, 0.29) is 11.3 Å². The molecule has 0 unspecified atom stereocenters. The van der Waals surface area contributed by atoms with Crippen molar-refractivity contribution in [3.05, 3.63) is 89.0 Å². The Labute approximate surface area is 225 Å². The third-order valence-corrected chi connectivity index (χ3v) is 7.61. The molecule has 1 N–H and O–H groups in total. The Hall–Kier alpha value is -4.17. The summed E-state index contributed by atoms with van der Waals surface area (Å²) in [6.45, 7) is 6.60. The molecule has 194 valence electrons. The van der Waals surface area contributed by atoms with Crippen molar-refractivity contribution < 1.29 is 24.2 Å². The molecule has 1 amide bonds. The van der Waals surface area contributed by atoms with Crippen LogP contribution in [0.3, 0.4) is 0 Å². The standard InChI is InChI=1S/C30H28N2O5S/c1-5-37-21-12-10-20(11-13-21)27(33)25-26(19-8-6-18(7-9-19)17(2)3)32(29(35)28(25)34)30-31-23-15-14-22(36-4)16-24(23)38-30/h6-17,26,33H,5H2,1-4H3/t26-/m1/s1. The lowest BCUT2D eigenvalue weighted by Crippen LogP contribution is -2.29. The molecule has 1 fully saturated rings. The van der Waals surface area contributed by atoms with E-state index in [1.54, 1.807) is 37.4 Å². The molecule has 1 saturated heterocycles. The monoisotopic (exact) mass is 528 g/mol. The summed E-state index contributed by atoms with van der Waals surface area (Å²) < 4.78 is 11.7. The summed E-state index contributed by atoms with van der Waals surface area (Å²) in [5.41, 5.74) is 2.97. The Kier molecular flexibility index (Phi) is 6.91. The van der Waals surface area contributed by atoms with Gasteiger partial charge in [-0.25, -0.2) is 4.98 Å². The van der Waals surface area contributed by atoms with Gasteiger partial charge < -0.3 is 14.6 Å². The number of aromatic nitrogens is 1. The summed E-state index contributed by atoms with van der Waals surface area (Å²) >= 11 is 1.29. The maximum absolute atomic E-state index is 13.5. The maximum Gasteiger partial charge on any atom is 0.301 e. The molecule has 0 spiro atoms. The van der Waals surface area contributed by atoms with Gasteiger partial charge >= 0.3 is 5.91 Å². The smallest absolute Gasteiger partial charge is 0.301 e. The van der Waals surface area contributed by atoms with Gasteiger partial charge in [0.15, 0.2) is 5.13 Å². The van der Waals surface area contributed by atoms with Crippen LogP contribution in [0.2, 0.25) is 0 Å². The predicted octanol–water partition coefficient (Wildman–Crippen LogP) is 6.45. The molecule has 0 saturated carbocycles. The van der Waals surface area contributed by atoms with Crippen molar-refractivity contribution in [2.24, 2.45) is 0 Å². The number of thiazole rings is 1. The van der Waals surface area contributed by atoms with Gasteiger partial charge in [-0.05, 0) is 66.4 Å². The van der Waals surface area contributed by atoms with Crippen molar-refractivity contribution in [1.29, 1.82) is 0 Å². The number of amides is 1. The van der Waals surface area contributed by atoms with E-state index in [0.717, 1.165) is 10.3 Å². The molecule has 8 heteroatoms. The summed E-state index contributed by atoms with van der Waals surface area (Å²) in [6.07, 6.45) is 0. The number of fused-ring (bicyclic) bond motifs is 1. The molecule has 1 aliphatic rings. The van der Waals surface area contributed by atoms with Crippen LogP contribution in [0.15, 0.2) is 72.3 Å². The summed E-state index contributed by atoms with van der Waals surface area (Å²) in [6, 6.07) is 19.2. The van der Waals surface area contributed by atoms with Gasteiger partial charge in [0.2, 0.25) is 0 Å². The molecular weight excluding hydrogens is 500 g/mol. The van der Waals surface area contributed by atoms with E-state index >= 15 is 0 Å². The zero-order chi connectivity index (χ0) is 27.0. The van der Waals surface area contributed by atoms with E-state index in [0.29, 0.717) is 45.8 Å². The normalized spacial score (nSPS) is 17.0. The van der Waals surface area contributed by atoms with Crippen LogP contribution in [0.4, 0.5) is 5.13 Å². The first-order chi connectivity index (χ1) is 18.3. The minimum absolute atomic E-state index is 0.0216. The number of ketones is 1. The summed E-state index contributed by atoms with van der Waals surface area (Å²) in [4.78, 5) is 33.0. The molecule has 5 rings (SSSR count). The summed E-state index contributed by atoms with van der Waals surface area (Å²) in [7, 11) is 1.59. The van der Waals surface area contributed by atoms with Gasteiger partial charge in [0.05, 0.1) is 35.5 Å². The highest BCUT2D eigenvalue weighted by molar-refractivity contribution is 7.22. The summed E-state index contributed by atoms with van der Waals surface area (Å²) in [5.74, 6) is -0.0953. The lowest BCUT2D eigenvalue weighted by molar-refractivity contribution is -0.132. The van der Waals surface area contributed by atoms with Crippen LogP contribution in [-0.4, -0.2) is 35.5 Å². The van der Waals surface area contributed by atoms with E-state index in [1.807, 2.05) is 43.3 Å². The van der Waals surface area contributed by atoms with Crippen molar-refractivity contribution in [2.75, 3.05) is 18.6 Å². The van der Waals surface area contributed by atoms with Gasteiger partial charge in [-0.15, -0.1) is 0 Å². The highest BCUT2D eigenvalue weighted by Gasteiger charge is 2.48. The number of nitrogens with zero attached hydrogens (tertiary/aromatic N) is 2. The molecule has 0 aliphatic carbocycles. The third-order valence-electron chi connectivity index (χ3n) is 6.59. The number of carbonyl (C=O) groups is 2. The molecule has 0 bridgehead atoms.